The molecule has 3 heterocycles. The second-order valence-electron chi connectivity index (χ2n) is 10.6. The second kappa shape index (κ2) is 10.00. The van der Waals surface area contributed by atoms with Crippen molar-refractivity contribution in [1.29, 1.82) is 0 Å². The molecule has 1 aromatic carbocycles. The number of anilines is 1. The number of benzene rings is 1. The van der Waals surface area contributed by atoms with E-state index in [0.717, 1.165) is 29.2 Å². The number of carboxylic acids is 1. The summed E-state index contributed by atoms with van der Waals surface area (Å²) in [6.07, 6.45) is 0.148. The molecule has 0 bridgehead atoms. The minimum atomic E-state index is -4.41. The summed E-state index contributed by atoms with van der Waals surface area (Å²) in [4.78, 5) is 29.8. The SMILES string of the molecule is CC1CCC(C)N1c1cc(C(F)(F)F)ccc1CN(C)C1(C)CCN(C(=O)n2ccc(C(=O)O)n2)CC1. The minimum Gasteiger partial charge on any atom is -0.476 e. The highest BCUT2D eigenvalue weighted by atomic mass is 19.4. The number of rotatable bonds is 5. The van der Waals surface area contributed by atoms with Gasteiger partial charge in [-0.15, -0.1) is 0 Å². The van der Waals surface area contributed by atoms with Crippen molar-refractivity contribution in [3.05, 3.63) is 47.3 Å². The van der Waals surface area contributed by atoms with Crippen LogP contribution in [0.3, 0.4) is 0 Å². The zero-order chi connectivity index (χ0) is 27.1. The lowest BCUT2D eigenvalue weighted by molar-refractivity contribution is -0.137. The molecule has 4 rings (SSSR count). The Labute approximate surface area is 214 Å². The summed E-state index contributed by atoms with van der Waals surface area (Å²) in [6, 6.07) is 5.29. The molecule has 1 aromatic heterocycles. The number of carbonyl (C=O) groups excluding carboxylic acids is 1. The Balaban J connectivity index is 1.49. The van der Waals surface area contributed by atoms with Gasteiger partial charge in [-0.2, -0.15) is 23.0 Å². The van der Waals surface area contributed by atoms with Gasteiger partial charge < -0.3 is 14.9 Å². The predicted octanol–water partition coefficient (Wildman–Crippen LogP) is 4.93. The first-order chi connectivity index (χ1) is 17.3. The average Bonchev–Trinajstić information content (AvgIpc) is 3.46. The average molecular weight is 522 g/mol. The number of carbonyl (C=O) groups is 2. The van der Waals surface area contributed by atoms with E-state index in [2.05, 4.69) is 35.7 Å². The second-order valence-corrected chi connectivity index (χ2v) is 10.6. The Bertz CT molecular complexity index is 1150. The van der Waals surface area contributed by atoms with E-state index < -0.39 is 17.7 Å². The van der Waals surface area contributed by atoms with Crippen LogP contribution in [-0.2, 0) is 12.7 Å². The van der Waals surface area contributed by atoms with Gasteiger partial charge in [-0.25, -0.2) is 9.59 Å². The van der Waals surface area contributed by atoms with Gasteiger partial charge in [0.05, 0.1) is 5.56 Å². The van der Waals surface area contributed by atoms with Crippen LogP contribution in [0.1, 0.15) is 68.1 Å². The number of amides is 1. The Morgan fingerprint density at radius 2 is 1.76 bits per heavy atom. The van der Waals surface area contributed by atoms with Crippen LogP contribution < -0.4 is 4.90 Å². The molecule has 11 heteroatoms. The normalized spacial score (nSPS) is 22.1. The lowest BCUT2D eigenvalue weighted by Gasteiger charge is -2.45. The van der Waals surface area contributed by atoms with Crippen molar-refractivity contribution < 1.29 is 27.9 Å². The molecular weight excluding hydrogens is 487 g/mol. The maximum absolute atomic E-state index is 13.6. The molecule has 202 valence electrons. The van der Waals surface area contributed by atoms with Gasteiger partial charge in [-0.3, -0.25) is 4.90 Å². The first-order valence-electron chi connectivity index (χ1n) is 12.6. The Morgan fingerprint density at radius 3 is 2.30 bits per heavy atom. The predicted molar refractivity (Wildman–Crippen MR) is 133 cm³/mol. The van der Waals surface area contributed by atoms with Gasteiger partial charge in [0.15, 0.2) is 5.69 Å². The Morgan fingerprint density at radius 1 is 1.14 bits per heavy atom. The number of alkyl halides is 3. The third-order valence-corrected chi connectivity index (χ3v) is 8.09. The van der Waals surface area contributed by atoms with Crippen LogP contribution in [0.15, 0.2) is 30.5 Å². The van der Waals surface area contributed by atoms with Gasteiger partial charge in [0.1, 0.15) is 0 Å². The van der Waals surface area contributed by atoms with Crippen molar-refractivity contribution in [3.8, 4) is 0 Å². The van der Waals surface area contributed by atoms with Crippen LogP contribution in [0.2, 0.25) is 0 Å². The Hall–Kier alpha value is -3.08. The fourth-order valence-corrected chi connectivity index (χ4v) is 5.48. The van der Waals surface area contributed by atoms with E-state index in [-0.39, 0.29) is 29.3 Å². The molecule has 37 heavy (non-hydrogen) atoms. The number of piperidine rings is 1. The molecule has 2 saturated heterocycles. The molecule has 1 N–H and O–H groups in total. The van der Waals surface area contributed by atoms with Crippen molar-refractivity contribution in [2.75, 3.05) is 25.0 Å². The molecular formula is C26H34F3N5O3. The number of nitrogens with zero attached hydrogens (tertiary/aromatic N) is 5. The monoisotopic (exact) mass is 521 g/mol. The summed E-state index contributed by atoms with van der Waals surface area (Å²) in [5.74, 6) is -1.19. The van der Waals surface area contributed by atoms with Gasteiger partial charge in [0.25, 0.3) is 0 Å². The molecule has 1 amide bonds. The maximum Gasteiger partial charge on any atom is 0.416 e. The van der Waals surface area contributed by atoms with E-state index in [0.29, 0.717) is 38.2 Å². The standard InChI is InChI=1S/C26H34F3N5O3/c1-17-5-6-18(2)34(17)22-15-20(26(27,28)29)8-7-19(22)16-31(4)25(3)10-13-32(14-11-25)24(37)33-12-9-21(30-33)23(35)36/h7-9,12,15,17-18H,5-6,10-11,13-14,16H2,1-4H3,(H,35,36). The fraction of sp³-hybridized carbons (Fsp3) is 0.577. The van der Waals surface area contributed by atoms with E-state index in [9.17, 15) is 22.8 Å². The van der Waals surface area contributed by atoms with E-state index in [4.69, 9.17) is 5.11 Å². The zero-order valence-corrected chi connectivity index (χ0v) is 21.6. The van der Waals surface area contributed by atoms with Crippen LogP contribution in [0, 0.1) is 0 Å². The van der Waals surface area contributed by atoms with Gasteiger partial charge in [-0.1, -0.05) is 6.07 Å². The summed E-state index contributed by atoms with van der Waals surface area (Å²) in [5.41, 5.74) is 0.402. The summed E-state index contributed by atoms with van der Waals surface area (Å²) in [5, 5.41) is 12.9. The largest absolute Gasteiger partial charge is 0.476 e. The smallest absolute Gasteiger partial charge is 0.416 e. The molecule has 0 aliphatic carbocycles. The van der Waals surface area contributed by atoms with Crippen molar-refractivity contribution in [2.45, 2.75) is 76.8 Å². The zero-order valence-electron chi connectivity index (χ0n) is 21.6. The van der Waals surface area contributed by atoms with Gasteiger partial charge in [-0.05, 0) is 77.3 Å². The summed E-state index contributed by atoms with van der Waals surface area (Å²) < 4.78 is 41.7. The third kappa shape index (κ3) is 5.46. The highest BCUT2D eigenvalue weighted by Gasteiger charge is 2.38. The topological polar surface area (TPSA) is 81.9 Å². The summed E-state index contributed by atoms with van der Waals surface area (Å²) in [7, 11) is 1.97. The van der Waals surface area contributed by atoms with Crippen LogP contribution in [0.5, 0.6) is 0 Å². The van der Waals surface area contributed by atoms with E-state index in [1.807, 2.05) is 7.05 Å². The first kappa shape index (κ1) is 27.0. The first-order valence-corrected chi connectivity index (χ1v) is 12.6. The minimum absolute atomic E-state index is 0.163. The molecule has 0 saturated carbocycles. The molecule has 2 unspecified atom stereocenters. The van der Waals surface area contributed by atoms with Crippen LogP contribution in [0.25, 0.3) is 0 Å². The number of aromatic nitrogens is 2. The van der Waals surface area contributed by atoms with Crippen LogP contribution >= 0.6 is 0 Å². The molecule has 0 spiro atoms. The van der Waals surface area contributed by atoms with Crippen LogP contribution in [0.4, 0.5) is 23.7 Å². The highest BCUT2D eigenvalue weighted by Crippen LogP contribution is 2.39. The van der Waals surface area contributed by atoms with Gasteiger partial charge >= 0.3 is 18.2 Å². The number of likely N-dealkylation sites (tertiary alicyclic amines) is 1. The number of hydrogen-bond acceptors (Lipinski definition) is 5. The fourth-order valence-electron chi connectivity index (χ4n) is 5.48. The maximum atomic E-state index is 13.6. The molecule has 2 aromatic rings. The van der Waals surface area contributed by atoms with Crippen LogP contribution in [-0.4, -0.2) is 74.4 Å². The van der Waals surface area contributed by atoms with Gasteiger partial charge in [0, 0.05) is 49.1 Å². The van der Waals surface area contributed by atoms with Crippen molar-refractivity contribution in [3.63, 3.8) is 0 Å². The summed E-state index contributed by atoms with van der Waals surface area (Å²) in [6.45, 7) is 7.63. The van der Waals surface area contributed by atoms with E-state index in [1.165, 1.54) is 18.3 Å². The molecule has 2 aliphatic heterocycles. The number of carboxylic acid groups (broad SMARTS) is 1. The molecule has 0 radical (unpaired) electrons. The number of halogens is 3. The number of aromatic carboxylic acids is 1. The Kier molecular flexibility index (Phi) is 7.29. The highest BCUT2D eigenvalue weighted by molar-refractivity contribution is 5.86. The quantitative estimate of drug-likeness (QED) is 0.601. The molecule has 2 atom stereocenters. The summed E-state index contributed by atoms with van der Waals surface area (Å²) >= 11 is 0. The van der Waals surface area contributed by atoms with Crippen molar-refractivity contribution >= 4 is 17.7 Å². The lowest BCUT2D eigenvalue weighted by atomic mass is 9.87. The molecule has 2 fully saturated rings. The van der Waals surface area contributed by atoms with Crippen molar-refractivity contribution in [2.24, 2.45) is 0 Å². The van der Waals surface area contributed by atoms with E-state index in [1.54, 1.807) is 11.0 Å². The van der Waals surface area contributed by atoms with Gasteiger partial charge in [0.2, 0.25) is 0 Å². The lowest BCUT2D eigenvalue weighted by Crippen LogP contribution is -2.53. The molecule has 2 aliphatic rings. The van der Waals surface area contributed by atoms with Crippen molar-refractivity contribution in [1.82, 2.24) is 19.6 Å². The number of hydrogen-bond donors (Lipinski definition) is 1. The molecule has 8 nitrogen and oxygen atoms in total. The third-order valence-electron chi connectivity index (χ3n) is 8.09. The van der Waals surface area contributed by atoms with E-state index >= 15 is 0 Å².